The lowest BCUT2D eigenvalue weighted by atomic mass is 9.97. The fourth-order valence-corrected chi connectivity index (χ4v) is 2.20. The molecule has 1 aromatic rings. The third-order valence-corrected chi connectivity index (χ3v) is 3.27. The van der Waals surface area contributed by atoms with Crippen LogP contribution in [0.25, 0.3) is 0 Å². The minimum absolute atomic E-state index is 0.109. The topological polar surface area (TPSA) is 58.6 Å². The molecule has 20 heavy (non-hydrogen) atoms. The van der Waals surface area contributed by atoms with E-state index >= 15 is 0 Å². The summed E-state index contributed by atoms with van der Waals surface area (Å²) < 4.78 is 5.72. The maximum atomic E-state index is 11.4. The first-order chi connectivity index (χ1) is 9.24. The number of aliphatic carboxylic acids is 1. The van der Waals surface area contributed by atoms with Crippen LogP contribution in [-0.2, 0) is 4.79 Å². The normalized spacial score (nSPS) is 14.1. The monoisotopic (exact) mass is 279 g/mol. The Labute approximate surface area is 121 Å². The average Bonchev–Trinajstić information content (AvgIpc) is 2.30. The summed E-state index contributed by atoms with van der Waals surface area (Å²) in [5.74, 6) is -0.0386. The van der Waals surface area contributed by atoms with Crippen LogP contribution in [0.15, 0.2) is 18.2 Å². The van der Waals surface area contributed by atoms with Gasteiger partial charge in [0, 0.05) is 12.5 Å². The highest BCUT2D eigenvalue weighted by molar-refractivity contribution is 5.78. The zero-order valence-electron chi connectivity index (χ0n) is 13.0. The molecule has 0 fully saturated rings. The Kier molecular flexibility index (Phi) is 5.57. The minimum atomic E-state index is -0.966. The highest BCUT2D eigenvalue weighted by Crippen LogP contribution is 2.20. The molecule has 4 heteroatoms. The fourth-order valence-electron chi connectivity index (χ4n) is 2.20. The van der Waals surface area contributed by atoms with Gasteiger partial charge in [-0.25, -0.2) is 0 Å². The van der Waals surface area contributed by atoms with Crippen molar-refractivity contribution in [3.63, 3.8) is 0 Å². The van der Waals surface area contributed by atoms with Crippen LogP contribution in [0.4, 0.5) is 0 Å². The van der Waals surface area contributed by atoms with E-state index in [4.69, 9.17) is 4.74 Å². The van der Waals surface area contributed by atoms with Crippen LogP contribution in [0.1, 0.15) is 38.3 Å². The van der Waals surface area contributed by atoms with E-state index in [1.807, 2.05) is 39.8 Å². The van der Waals surface area contributed by atoms with E-state index in [0.717, 1.165) is 11.3 Å². The number of carboxylic acids is 1. The Morgan fingerprint density at radius 3 is 2.55 bits per heavy atom. The largest absolute Gasteiger partial charge is 0.493 e. The van der Waals surface area contributed by atoms with Gasteiger partial charge in [0.05, 0.1) is 6.61 Å². The first-order valence-electron chi connectivity index (χ1n) is 6.96. The maximum Gasteiger partial charge on any atom is 0.323 e. The quantitative estimate of drug-likeness (QED) is 0.805. The van der Waals surface area contributed by atoms with Gasteiger partial charge in [0.1, 0.15) is 11.3 Å². The Hall–Kier alpha value is -1.55. The van der Waals surface area contributed by atoms with Crippen molar-refractivity contribution in [3.05, 3.63) is 29.3 Å². The molecule has 4 nitrogen and oxygen atoms in total. The van der Waals surface area contributed by atoms with Crippen molar-refractivity contribution >= 4 is 5.97 Å². The van der Waals surface area contributed by atoms with Gasteiger partial charge in [-0.15, -0.1) is 0 Å². The van der Waals surface area contributed by atoms with Gasteiger partial charge in [0.15, 0.2) is 0 Å². The van der Waals surface area contributed by atoms with Crippen molar-refractivity contribution in [1.82, 2.24) is 5.32 Å². The van der Waals surface area contributed by atoms with E-state index < -0.39 is 11.5 Å². The SMILES string of the molecule is Cc1ccc(OCCC(C)(NC(C)C)C(=O)O)c(C)c1. The van der Waals surface area contributed by atoms with Crippen LogP contribution in [0.3, 0.4) is 0 Å². The summed E-state index contributed by atoms with van der Waals surface area (Å²) in [6.45, 7) is 9.96. The lowest BCUT2D eigenvalue weighted by Crippen LogP contribution is -2.53. The predicted molar refractivity (Wildman–Crippen MR) is 80.3 cm³/mol. The van der Waals surface area contributed by atoms with Gasteiger partial charge < -0.3 is 9.84 Å². The van der Waals surface area contributed by atoms with Gasteiger partial charge in [-0.05, 0) is 46.2 Å². The molecule has 0 heterocycles. The van der Waals surface area contributed by atoms with Crippen molar-refractivity contribution < 1.29 is 14.6 Å². The van der Waals surface area contributed by atoms with Crippen molar-refractivity contribution in [2.75, 3.05) is 6.61 Å². The van der Waals surface area contributed by atoms with Crippen LogP contribution in [0.5, 0.6) is 5.75 Å². The summed E-state index contributed by atoms with van der Waals surface area (Å²) in [6.07, 6.45) is 0.411. The molecule has 0 spiro atoms. The summed E-state index contributed by atoms with van der Waals surface area (Å²) in [6, 6.07) is 6.08. The molecule has 0 aliphatic carbocycles. The standard InChI is InChI=1S/C16H25NO3/c1-11(2)17-16(5,15(18)19)8-9-20-14-7-6-12(3)10-13(14)4/h6-7,10-11,17H,8-9H2,1-5H3,(H,18,19). The van der Waals surface area contributed by atoms with E-state index in [-0.39, 0.29) is 6.04 Å². The van der Waals surface area contributed by atoms with E-state index in [9.17, 15) is 9.90 Å². The number of carbonyl (C=O) groups is 1. The molecule has 0 saturated heterocycles. The number of nitrogens with one attached hydrogen (secondary N) is 1. The second-order valence-electron chi connectivity index (χ2n) is 5.80. The summed E-state index contributed by atoms with van der Waals surface area (Å²) in [5.41, 5.74) is 1.29. The molecular weight excluding hydrogens is 254 g/mol. The number of benzene rings is 1. The van der Waals surface area contributed by atoms with Gasteiger partial charge in [0.25, 0.3) is 0 Å². The molecule has 0 aliphatic heterocycles. The van der Waals surface area contributed by atoms with Crippen LogP contribution in [0, 0.1) is 13.8 Å². The smallest absolute Gasteiger partial charge is 0.323 e. The molecule has 1 unspecified atom stereocenters. The van der Waals surface area contributed by atoms with E-state index in [1.54, 1.807) is 6.92 Å². The number of aryl methyl sites for hydroxylation is 2. The molecule has 0 aliphatic rings. The number of rotatable bonds is 7. The summed E-state index contributed by atoms with van der Waals surface area (Å²) in [5, 5.41) is 12.4. The lowest BCUT2D eigenvalue weighted by molar-refractivity contribution is -0.145. The molecule has 0 aromatic heterocycles. The zero-order chi connectivity index (χ0) is 15.3. The Bertz CT molecular complexity index is 471. The molecule has 0 saturated carbocycles. The molecule has 0 radical (unpaired) electrons. The van der Waals surface area contributed by atoms with E-state index in [0.29, 0.717) is 13.0 Å². The molecule has 1 atom stereocenters. The fraction of sp³-hybridized carbons (Fsp3) is 0.562. The Morgan fingerprint density at radius 2 is 2.05 bits per heavy atom. The van der Waals surface area contributed by atoms with Crippen molar-refractivity contribution in [3.8, 4) is 5.75 Å². The van der Waals surface area contributed by atoms with Crippen LogP contribution < -0.4 is 10.1 Å². The second kappa shape index (κ2) is 6.75. The number of carboxylic acid groups (broad SMARTS) is 1. The first kappa shape index (κ1) is 16.5. The predicted octanol–water partition coefficient (Wildman–Crippen LogP) is 2.91. The number of hydrogen-bond acceptors (Lipinski definition) is 3. The minimum Gasteiger partial charge on any atom is -0.493 e. The summed E-state index contributed by atoms with van der Waals surface area (Å²) in [4.78, 5) is 11.4. The van der Waals surface area contributed by atoms with Crippen LogP contribution in [-0.4, -0.2) is 29.3 Å². The lowest BCUT2D eigenvalue weighted by Gasteiger charge is -2.28. The molecule has 1 rings (SSSR count). The molecule has 2 N–H and O–H groups in total. The third kappa shape index (κ3) is 4.53. The van der Waals surface area contributed by atoms with Gasteiger partial charge in [-0.1, -0.05) is 17.7 Å². The highest BCUT2D eigenvalue weighted by atomic mass is 16.5. The van der Waals surface area contributed by atoms with E-state index in [1.165, 1.54) is 5.56 Å². The molecular formula is C16H25NO3. The number of ether oxygens (including phenoxy) is 1. The molecule has 0 amide bonds. The molecule has 0 bridgehead atoms. The van der Waals surface area contributed by atoms with Gasteiger partial charge in [-0.3, -0.25) is 10.1 Å². The van der Waals surface area contributed by atoms with Gasteiger partial charge in [0.2, 0.25) is 0 Å². The Morgan fingerprint density at radius 1 is 1.40 bits per heavy atom. The van der Waals surface area contributed by atoms with Crippen LogP contribution >= 0.6 is 0 Å². The molecule has 1 aromatic carbocycles. The second-order valence-corrected chi connectivity index (χ2v) is 5.80. The summed E-state index contributed by atoms with van der Waals surface area (Å²) >= 11 is 0. The highest BCUT2D eigenvalue weighted by Gasteiger charge is 2.33. The zero-order valence-corrected chi connectivity index (χ0v) is 13.0. The molecule has 112 valence electrons. The van der Waals surface area contributed by atoms with Crippen molar-refractivity contribution in [1.29, 1.82) is 0 Å². The summed E-state index contributed by atoms with van der Waals surface area (Å²) in [7, 11) is 0. The first-order valence-corrected chi connectivity index (χ1v) is 6.96. The van der Waals surface area contributed by atoms with Gasteiger partial charge in [-0.2, -0.15) is 0 Å². The van der Waals surface area contributed by atoms with Crippen LogP contribution in [0.2, 0.25) is 0 Å². The van der Waals surface area contributed by atoms with Gasteiger partial charge >= 0.3 is 5.97 Å². The maximum absolute atomic E-state index is 11.4. The number of hydrogen-bond donors (Lipinski definition) is 2. The van der Waals surface area contributed by atoms with Crippen molar-refractivity contribution in [2.45, 2.75) is 52.6 Å². The Balaban J connectivity index is 2.63. The van der Waals surface area contributed by atoms with E-state index in [2.05, 4.69) is 11.4 Å². The third-order valence-electron chi connectivity index (χ3n) is 3.27. The average molecular weight is 279 g/mol. The van der Waals surface area contributed by atoms with Crippen molar-refractivity contribution in [2.24, 2.45) is 0 Å².